The molecule has 2 heterocycles. The van der Waals surface area contributed by atoms with E-state index >= 15 is 0 Å². The molecule has 1 saturated heterocycles. The molecule has 1 N–H and O–H groups in total. The zero-order chi connectivity index (χ0) is 20.2. The van der Waals surface area contributed by atoms with Crippen LogP contribution < -0.4 is 10.2 Å². The van der Waals surface area contributed by atoms with Gasteiger partial charge in [-0.3, -0.25) is 9.59 Å². The number of nitrogens with one attached hydrogen (secondary N) is 1. The molecular formula is C22H21BrN4O2. The van der Waals surface area contributed by atoms with Crippen molar-refractivity contribution in [3.63, 3.8) is 0 Å². The van der Waals surface area contributed by atoms with E-state index in [9.17, 15) is 9.59 Å². The Hall–Kier alpha value is -2.93. The fraction of sp³-hybridized carbons (Fsp3) is 0.227. The number of halogens is 1. The number of carbonyl (C=O) groups is 2. The van der Waals surface area contributed by atoms with Gasteiger partial charge in [-0.1, -0.05) is 46.3 Å². The summed E-state index contributed by atoms with van der Waals surface area (Å²) in [4.78, 5) is 31.1. The van der Waals surface area contributed by atoms with Crippen LogP contribution in [0, 0.1) is 5.92 Å². The van der Waals surface area contributed by atoms with E-state index in [4.69, 9.17) is 0 Å². The van der Waals surface area contributed by atoms with Gasteiger partial charge in [-0.05, 0) is 35.7 Å². The van der Waals surface area contributed by atoms with Crippen molar-refractivity contribution >= 4 is 33.4 Å². The molecule has 0 radical (unpaired) electrons. The van der Waals surface area contributed by atoms with E-state index in [0.29, 0.717) is 19.5 Å². The van der Waals surface area contributed by atoms with Gasteiger partial charge in [0.25, 0.3) is 0 Å². The highest BCUT2D eigenvalue weighted by molar-refractivity contribution is 9.10. The Morgan fingerprint density at radius 2 is 2.00 bits per heavy atom. The summed E-state index contributed by atoms with van der Waals surface area (Å²) in [5.74, 6) is -0.995. The maximum Gasteiger partial charge on any atom is 0.239 e. The molecule has 1 aliphatic rings. The van der Waals surface area contributed by atoms with Gasteiger partial charge in [-0.15, -0.1) is 0 Å². The van der Waals surface area contributed by atoms with Crippen molar-refractivity contribution in [2.24, 2.45) is 5.92 Å². The molecule has 1 aromatic heterocycles. The Morgan fingerprint density at radius 3 is 2.79 bits per heavy atom. The van der Waals surface area contributed by atoms with Gasteiger partial charge < -0.3 is 14.8 Å². The van der Waals surface area contributed by atoms with Crippen LogP contribution in [-0.2, 0) is 22.7 Å². The molecule has 148 valence electrons. The van der Waals surface area contributed by atoms with Crippen LogP contribution >= 0.6 is 15.9 Å². The summed E-state index contributed by atoms with van der Waals surface area (Å²) in [5, 5.41) is 2.93. The molecule has 7 heteroatoms. The number of carbonyl (C=O) groups excluding carboxylic acids is 2. The molecule has 1 aliphatic heterocycles. The third-order valence-corrected chi connectivity index (χ3v) is 5.52. The third kappa shape index (κ3) is 4.56. The summed E-state index contributed by atoms with van der Waals surface area (Å²) in [6.45, 7) is 1.68. The molecule has 0 aliphatic carbocycles. The van der Waals surface area contributed by atoms with Gasteiger partial charge in [0.1, 0.15) is 5.92 Å². The van der Waals surface area contributed by atoms with Crippen LogP contribution in [0.2, 0.25) is 0 Å². The van der Waals surface area contributed by atoms with E-state index in [1.807, 2.05) is 53.2 Å². The molecule has 6 nitrogen and oxygen atoms in total. The fourth-order valence-corrected chi connectivity index (χ4v) is 3.95. The molecule has 2 aromatic carbocycles. The minimum atomic E-state index is -0.636. The number of rotatable bonds is 6. The number of nitrogens with zero attached hydrogens (tertiary/aromatic N) is 3. The highest BCUT2D eigenvalue weighted by atomic mass is 79.9. The molecule has 0 bridgehead atoms. The van der Waals surface area contributed by atoms with Gasteiger partial charge in [0.2, 0.25) is 11.8 Å². The number of benzene rings is 2. The van der Waals surface area contributed by atoms with Gasteiger partial charge in [0.05, 0.1) is 6.33 Å². The van der Waals surface area contributed by atoms with Crippen LogP contribution in [0.15, 0.2) is 71.7 Å². The zero-order valence-corrected chi connectivity index (χ0v) is 17.4. The number of hydrogen-bond donors (Lipinski definition) is 1. The molecule has 0 spiro atoms. The van der Waals surface area contributed by atoms with Crippen LogP contribution in [0.3, 0.4) is 0 Å². The summed E-state index contributed by atoms with van der Waals surface area (Å²) in [5.41, 5.74) is 2.95. The standard InChI is InChI=1S/C22H21BrN4O2/c23-18-5-2-6-19(12-18)27-9-7-20(22(27)29)21(28)25-13-16-3-1-4-17(11-16)14-26-10-8-24-15-26/h1-6,8,10-12,15,20H,7,9,13-14H2,(H,25,28). The highest BCUT2D eigenvalue weighted by Gasteiger charge is 2.37. The lowest BCUT2D eigenvalue weighted by Crippen LogP contribution is -2.36. The Bertz CT molecular complexity index is 1020. The Morgan fingerprint density at radius 1 is 1.17 bits per heavy atom. The van der Waals surface area contributed by atoms with E-state index in [1.165, 1.54) is 0 Å². The molecule has 29 heavy (non-hydrogen) atoms. The molecule has 1 unspecified atom stereocenters. The largest absolute Gasteiger partial charge is 0.351 e. The van der Waals surface area contributed by atoms with Crippen molar-refractivity contribution in [3.8, 4) is 0 Å². The lowest BCUT2D eigenvalue weighted by molar-refractivity contribution is -0.132. The maximum atomic E-state index is 12.7. The van der Waals surface area contributed by atoms with Gasteiger partial charge in [0.15, 0.2) is 0 Å². The van der Waals surface area contributed by atoms with Crippen molar-refractivity contribution in [3.05, 3.63) is 82.9 Å². The molecule has 3 aromatic rings. The smallest absolute Gasteiger partial charge is 0.239 e. The van der Waals surface area contributed by atoms with E-state index in [2.05, 4.69) is 32.3 Å². The average Bonchev–Trinajstić information content (AvgIpc) is 3.36. The minimum Gasteiger partial charge on any atom is -0.351 e. The second kappa shape index (κ2) is 8.61. The lowest BCUT2D eigenvalue weighted by Gasteiger charge is -2.17. The van der Waals surface area contributed by atoms with Crippen molar-refractivity contribution in [1.82, 2.24) is 14.9 Å². The second-order valence-electron chi connectivity index (χ2n) is 7.08. The predicted molar refractivity (Wildman–Crippen MR) is 114 cm³/mol. The molecule has 2 amide bonds. The Kier molecular flexibility index (Phi) is 5.76. The minimum absolute atomic E-state index is 0.144. The first-order valence-corrected chi connectivity index (χ1v) is 10.3. The van der Waals surface area contributed by atoms with Gasteiger partial charge in [0, 0.05) is 42.2 Å². The van der Waals surface area contributed by atoms with E-state index < -0.39 is 5.92 Å². The van der Waals surface area contributed by atoms with Crippen molar-refractivity contribution in [2.75, 3.05) is 11.4 Å². The summed E-state index contributed by atoms with van der Waals surface area (Å²) < 4.78 is 2.90. The van der Waals surface area contributed by atoms with Crippen molar-refractivity contribution < 1.29 is 9.59 Å². The number of amides is 2. The number of hydrogen-bond acceptors (Lipinski definition) is 3. The summed E-state index contributed by atoms with van der Waals surface area (Å²) in [6, 6.07) is 15.6. The van der Waals surface area contributed by atoms with Crippen LogP contribution in [0.1, 0.15) is 17.5 Å². The molecule has 4 rings (SSSR count). The van der Waals surface area contributed by atoms with Crippen LogP contribution in [-0.4, -0.2) is 27.9 Å². The van der Waals surface area contributed by atoms with Gasteiger partial charge >= 0.3 is 0 Å². The van der Waals surface area contributed by atoms with Crippen LogP contribution in [0.5, 0.6) is 0 Å². The maximum absolute atomic E-state index is 12.7. The average molecular weight is 453 g/mol. The second-order valence-corrected chi connectivity index (χ2v) is 8.00. The first-order valence-electron chi connectivity index (χ1n) is 9.48. The van der Waals surface area contributed by atoms with E-state index in [1.54, 1.807) is 17.4 Å². The molecule has 0 saturated carbocycles. The van der Waals surface area contributed by atoms with Crippen molar-refractivity contribution in [1.29, 1.82) is 0 Å². The molecule has 1 fully saturated rings. The normalized spacial score (nSPS) is 16.2. The number of imidazole rings is 1. The van der Waals surface area contributed by atoms with E-state index in [0.717, 1.165) is 27.8 Å². The first-order chi connectivity index (χ1) is 14.1. The molecular weight excluding hydrogens is 432 g/mol. The SMILES string of the molecule is O=C(NCc1cccc(Cn2ccnc2)c1)C1CCN(c2cccc(Br)c2)C1=O. The summed E-state index contributed by atoms with van der Waals surface area (Å²) in [6.07, 6.45) is 5.96. The van der Waals surface area contributed by atoms with Crippen molar-refractivity contribution in [2.45, 2.75) is 19.5 Å². The highest BCUT2D eigenvalue weighted by Crippen LogP contribution is 2.27. The monoisotopic (exact) mass is 452 g/mol. The number of anilines is 1. The third-order valence-electron chi connectivity index (χ3n) is 5.02. The van der Waals surface area contributed by atoms with Gasteiger partial charge in [-0.25, -0.2) is 4.98 Å². The quantitative estimate of drug-likeness (QED) is 0.583. The lowest BCUT2D eigenvalue weighted by atomic mass is 10.1. The number of aromatic nitrogens is 2. The Balaban J connectivity index is 1.36. The Labute approximate surface area is 177 Å². The van der Waals surface area contributed by atoms with E-state index in [-0.39, 0.29) is 11.8 Å². The fourth-order valence-electron chi connectivity index (χ4n) is 3.57. The summed E-state index contributed by atoms with van der Waals surface area (Å²) in [7, 11) is 0. The first kappa shape index (κ1) is 19.4. The predicted octanol–water partition coefficient (Wildman–Crippen LogP) is 3.36. The summed E-state index contributed by atoms with van der Waals surface area (Å²) >= 11 is 3.43. The topological polar surface area (TPSA) is 67.2 Å². The molecule has 1 atom stereocenters. The van der Waals surface area contributed by atoms with Gasteiger partial charge in [-0.2, -0.15) is 0 Å². The van der Waals surface area contributed by atoms with Crippen LogP contribution in [0.25, 0.3) is 0 Å². The van der Waals surface area contributed by atoms with Crippen LogP contribution in [0.4, 0.5) is 5.69 Å². The zero-order valence-electron chi connectivity index (χ0n) is 15.8.